The Bertz CT molecular complexity index is 224. The van der Waals surface area contributed by atoms with Gasteiger partial charge in [0.05, 0.1) is 0 Å². The highest BCUT2D eigenvalue weighted by atomic mass is 35.5. The number of pyridine rings is 1. The summed E-state index contributed by atoms with van der Waals surface area (Å²) in [6.07, 6.45) is 0. The highest BCUT2D eigenvalue weighted by Gasteiger charge is 1.98. The molecule has 0 aliphatic rings. The van der Waals surface area contributed by atoms with Gasteiger partial charge in [-0.15, -0.1) is 0 Å². The summed E-state index contributed by atoms with van der Waals surface area (Å²) in [5.74, 6) is -0.220. The Labute approximate surface area is 58.1 Å². The van der Waals surface area contributed by atoms with Crippen molar-refractivity contribution in [3.05, 3.63) is 23.0 Å². The summed E-state index contributed by atoms with van der Waals surface area (Å²) in [7, 11) is 0. The van der Waals surface area contributed by atoms with Crippen LogP contribution >= 0.6 is 11.6 Å². The van der Waals surface area contributed by atoms with Crippen LogP contribution in [0.4, 0.5) is 0 Å². The molecule has 0 amide bonds. The Morgan fingerprint density at radius 1 is 1.56 bits per heavy atom. The van der Waals surface area contributed by atoms with E-state index in [-0.39, 0.29) is 10.9 Å². The molecule has 0 spiro atoms. The molecule has 0 aliphatic heterocycles. The summed E-state index contributed by atoms with van der Waals surface area (Å²) in [4.78, 5) is 3.73. The molecule has 2 nitrogen and oxygen atoms in total. The highest BCUT2D eigenvalue weighted by Crippen LogP contribution is 2.19. The van der Waals surface area contributed by atoms with Crippen LogP contribution in [0.1, 0.15) is 5.69 Å². The van der Waals surface area contributed by atoms with Crippen molar-refractivity contribution < 1.29 is 5.11 Å². The molecule has 0 atom stereocenters. The molecule has 9 heavy (non-hydrogen) atoms. The van der Waals surface area contributed by atoms with E-state index in [1.807, 2.05) is 0 Å². The maximum atomic E-state index is 10.6. The first-order valence-electron chi connectivity index (χ1n) is 2.50. The van der Waals surface area contributed by atoms with Gasteiger partial charge in [0.25, 0.3) is 0 Å². The number of hydrogen-bond donors (Lipinski definition) is 0. The molecule has 3 heteroatoms. The Hall–Kier alpha value is -0.760. The minimum Gasteiger partial charge on any atom is -0.287 e. The maximum Gasteiger partial charge on any atom is 0.215 e. The topological polar surface area (TPSA) is 32.8 Å². The van der Waals surface area contributed by atoms with E-state index in [2.05, 4.69) is 4.98 Å². The van der Waals surface area contributed by atoms with Crippen LogP contribution in [0.2, 0.25) is 5.15 Å². The first-order chi connectivity index (χ1) is 4.20. The predicted molar refractivity (Wildman–Crippen MR) is 34.1 cm³/mol. The molecule has 1 heterocycles. The summed E-state index contributed by atoms with van der Waals surface area (Å²) in [6.45, 7) is 1.78. The van der Waals surface area contributed by atoms with Crippen LogP contribution in [0.3, 0.4) is 0 Å². The minimum absolute atomic E-state index is 0.0509. The molecule has 0 N–H and O–H groups in total. The Kier molecular flexibility index (Phi) is 1.58. The van der Waals surface area contributed by atoms with Gasteiger partial charge >= 0.3 is 0 Å². The van der Waals surface area contributed by atoms with Crippen molar-refractivity contribution in [1.82, 2.24) is 4.98 Å². The van der Waals surface area contributed by atoms with E-state index in [9.17, 15) is 5.11 Å². The van der Waals surface area contributed by atoms with E-state index in [1.165, 1.54) is 6.07 Å². The Morgan fingerprint density at radius 2 is 2.22 bits per heavy atom. The monoisotopic (exact) mass is 142 g/mol. The Balaban J connectivity index is 3.17. The molecule has 0 unspecified atom stereocenters. The highest BCUT2D eigenvalue weighted by molar-refractivity contribution is 6.30. The van der Waals surface area contributed by atoms with Crippen molar-refractivity contribution in [2.45, 2.75) is 6.92 Å². The molecule has 1 rings (SSSR count). The second kappa shape index (κ2) is 2.23. The van der Waals surface area contributed by atoms with Gasteiger partial charge in [0.1, 0.15) is 0 Å². The lowest BCUT2D eigenvalue weighted by Gasteiger charge is -1.91. The zero-order valence-electron chi connectivity index (χ0n) is 4.89. The van der Waals surface area contributed by atoms with Gasteiger partial charge in [-0.3, -0.25) is 5.11 Å². The van der Waals surface area contributed by atoms with Crippen LogP contribution in [0.25, 0.3) is 0 Å². The smallest absolute Gasteiger partial charge is 0.215 e. The largest absolute Gasteiger partial charge is 0.287 e. The van der Waals surface area contributed by atoms with Gasteiger partial charge < -0.3 is 0 Å². The number of aromatic nitrogens is 1. The summed E-state index contributed by atoms with van der Waals surface area (Å²) >= 11 is 5.39. The summed E-state index contributed by atoms with van der Waals surface area (Å²) in [5, 5.41) is 10.6. The fourth-order valence-electron chi connectivity index (χ4n) is 0.512. The van der Waals surface area contributed by atoms with Gasteiger partial charge in [-0.05, 0) is 19.1 Å². The van der Waals surface area contributed by atoms with E-state index in [0.29, 0.717) is 0 Å². The van der Waals surface area contributed by atoms with E-state index < -0.39 is 0 Å². The van der Waals surface area contributed by atoms with E-state index in [0.717, 1.165) is 5.69 Å². The lowest BCUT2D eigenvalue weighted by Crippen LogP contribution is -1.78. The molecular weight excluding hydrogens is 138 g/mol. The number of nitrogens with zero attached hydrogens (tertiary/aromatic N) is 1. The number of rotatable bonds is 0. The van der Waals surface area contributed by atoms with Gasteiger partial charge in [-0.25, -0.2) is 4.98 Å². The molecule has 47 valence electrons. The predicted octanol–water partition coefficient (Wildman–Crippen LogP) is 2.19. The van der Waals surface area contributed by atoms with Crippen LogP contribution in [0.15, 0.2) is 12.1 Å². The maximum absolute atomic E-state index is 10.6. The molecule has 1 aromatic heterocycles. The lowest BCUT2D eigenvalue weighted by molar-refractivity contribution is 0.353. The number of hydrogen-bond acceptors (Lipinski definition) is 1. The Morgan fingerprint density at radius 3 is 2.67 bits per heavy atom. The zero-order valence-corrected chi connectivity index (χ0v) is 5.64. The van der Waals surface area contributed by atoms with Crippen LogP contribution in [0.5, 0.6) is 5.75 Å². The third kappa shape index (κ3) is 1.33. The van der Waals surface area contributed by atoms with Crippen molar-refractivity contribution in [3.8, 4) is 5.75 Å². The van der Waals surface area contributed by atoms with Gasteiger partial charge in [-0.1, -0.05) is 11.6 Å². The first kappa shape index (κ1) is 6.36. The third-order valence-electron chi connectivity index (χ3n) is 0.954. The van der Waals surface area contributed by atoms with Crippen LogP contribution in [-0.4, -0.2) is 4.98 Å². The van der Waals surface area contributed by atoms with Gasteiger partial charge in [-0.2, -0.15) is 0 Å². The fourth-order valence-corrected chi connectivity index (χ4v) is 0.709. The van der Waals surface area contributed by atoms with E-state index in [4.69, 9.17) is 11.6 Å². The second-order valence-electron chi connectivity index (χ2n) is 1.74. The first-order valence-corrected chi connectivity index (χ1v) is 2.88. The van der Waals surface area contributed by atoms with Crippen molar-refractivity contribution >= 4 is 11.6 Å². The SMILES string of the molecule is Cc1ccc([O])c(Cl)n1. The third-order valence-corrected chi connectivity index (χ3v) is 1.22. The molecule has 0 fully saturated rings. The average molecular weight is 143 g/mol. The van der Waals surface area contributed by atoms with Gasteiger partial charge in [0, 0.05) is 5.69 Å². The van der Waals surface area contributed by atoms with E-state index in [1.54, 1.807) is 13.0 Å². The van der Waals surface area contributed by atoms with Gasteiger partial charge in [0.15, 0.2) is 5.15 Å². The molecule has 1 aromatic rings. The van der Waals surface area contributed by atoms with Crippen LogP contribution < -0.4 is 0 Å². The quantitative estimate of drug-likeness (QED) is 0.511. The van der Waals surface area contributed by atoms with Crippen molar-refractivity contribution in [2.24, 2.45) is 0 Å². The normalized spacial score (nSPS) is 9.56. The molecule has 0 aromatic carbocycles. The molecule has 1 radical (unpaired) electrons. The molecule has 0 aliphatic carbocycles. The molecule has 0 saturated carbocycles. The van der Waals surface area contributed by atoms with Crippen molar-refractivity contribution in [2.75, 3.05) is 0 Å². The fraction of sp³-hybridized carbons (Fsp3) is 0.167. The number of halogens is 1. The van der Waals surface area contributed by atoms with Crippen molar-refractivity contribution in [3.63, 3.8) is 0 Å². The standard InChI is InChI=1S/C6H5ClNO/c1-4-2-3-5(9)6(7)8-4/h2-3H,1H3. The molecule has 0 saturated heterocycles. The van der Waals surface area contributed by atoms with Gasteiger partial charge in [0.2, 0.25) is 5.75 Å². The van der Waals surface area contributed by atoms with Crippen LogP contribution in [0, 0.1) is 6.92 Å². The average Bonchev–Trinajstić information content (AvgIpc) is 1.80. The summed E-state index contributed by atoms with van der Waals surface area (Å²) in [5.41, 5.74) is 0.764. The summed E-state index contributed by atoms with van der Waals surface area (Å²) < 4.78 is 0. The second-order valence-corrected chi connectivity index (χ2v) is 2.10. The lowest BCUT2D eigenvalue weighted by atomic mass is 10.4. The van der Waals surface area contributed by atoms with Crippen LogP contribution in [-0.2, 0) is 5.11 Å². The molecular formula is C6H5ClNO. The minimum atomic E-state index is -0.220. The summed E-state index contributed by atoms with van der Waals surface area (Å²) in [6, 6.07) is 3.04. The zero-order chi connectivity index (χ0) is 6.85. The molecule has 0 bridgehead atoms. The number of aryl methyl sites for hydroxylation is 1. The van der Waals surface area contributed by atoms with E-state index >= 15 is 0 Å². The van der Waals surface area contributed by atoms with Crippen molar-refractivity contribution in [1.29, 1.82) is 0 Å².